The molecule has 0 atom stereocenters. The number of halogens is 4. The van der Waals surface area contributed by atoms with E-state index in [1.54, 1.807) is 17.4 Å². The van der Waals surface area contributed by atoms with Gasteiger partial charge in [0.25, 0.3) is 0 Å². The Hall–Kier alpha value is -0.890. The smallest absolute Gasteiger partial charge is 0.369 e. The van der Waals surface area contributed by atoms with Crippen LogP contribution in [0, 0.1) is 0 Å². The second-order valence-electron chi connectivity index (χ2n) is 6.01. The molecule has 0 aliphatic carbocycles. The maximum absolute atomic E-state index is 12.8. The van der Waals surface area contributed by atoms with E-state index in [9.17, 15) is 13.2 Å². The summed E-state index contributed by atoms with van der Waals surface area (Å²) in [6.07, 6.45) is -3.15. The van der Waals surface area contributed by atoms with Gasteiger partial charge in [-0.15, -0.1) is 35.5 Å². The van der Waals surface area contributed by atoms with Gasteiger partial charge >= 0.3 is 6.18 Å². The molecule has 26 heavy (non-hydrogen) atoms. The van der Waals surface area contributed by atoms with Crippen LogP contribution in [0.15, 0.2) is 46.0 Å². The number of nitrogens with zero attached hydrogens (tertiary/aromatic N) is 2. The highest BCUT2D eigenvalue weighted by molar-refractivity contribution is 8.01. The van der Waals surface area contributed by atoms with E-state index in [0.29, 0.717) is 5.69 Å². The molecule has 0 spiro atoms. The minimum Gasteiger partial charge on any atom is -0.369 e. The molecule has 0 amide bonds. The van der Waals surface area contributed by atoms with E-state index in [1.807, 2.05) is 16.7 Å². The third-order valence-corrected chi connectivity index (χ3v) is 6.49. The summed E-state index contributed by atoms with van der Waals surface area (Å²) in [5.74, 6) is 1.11. The largest absolute Gasteiger partial charge is 0.416 e. The molecule has 144 valence electrons. The van der Waals surface area contributed by atoms with E-state index in [-0.39, 0.29) is 12.4 Å². The zero-order valence-corrected chi connectivity index (χ0v) is 16.7. The first kappa shape index (κ1) is 21.4. The van der Waals surface area contributed by atoms with Crippen LogP contribution in [0.1, 0.15) is 12.0 Å². The predicted octanol–water partition coefficient (Wildman–Crippen LogP) is 5.49. The van der Waals surface area contributed by atoms with Crippen molar-refractivity contribution in [3.63, 3.8) is 0 Å². The van der Waals surface area contributed by atoms with Gasteiger partial charge in [-0.2, -0.15) is 13.2 Å². The molecule has 0 saturated carbocycles. The lowest BCUT2D eigenvalue weighted by atomic mass is 10.1. The second-order valence-corrected chi connectivity index (χ2v) is 8.35. The molecular weight excluding hydrogens is 401 g/mol. The normalized spacial score (nSPS) is 15.7. The Bertz CT molecular complexity index is 657. The van der Waals surface area contributed by atoms with Gasteiger partial charge in [-0.3, -0.25) is 4.90 Å². The first-order chi connectivity index (χ1) is 12.0. The van der Waals surface area contributed by atoms with Crippen molar-refractivity contribution in [2.75, 3.05) is 43.4 Å². The molecule has 1 saturated heterocycles. The highest BCUT2D eigenvalue weighted by Crippen LogP contribution is 2.32. The zero-order valence-electron chi connectivity index (χ0n) is 14.2. The van der Waals surface area contributed by atoms with E-state index >= 15 is 0 Å². The van der Waals surface area contributed by atoms with Crippen molar-refractivity contribution in [2.24, 2.45) is 0 Å². The summed E-state index contributed by atoms with van der Waals surface area (Å²) < 4.78 is 39.9. The van der Waals surface area contributed by atoms with Crippen molar-refractivity contribution in [1.29, 1.82) is 0 Å². The van der Waals surface area contributed by atoms with Gasteiger partial charge < -0.3 is 4.90 Å². The van der Waals surface area contributed by atoms with E-state index in [4.69, 9.17) is 0 Å². The molecule has 0 radical (unpaired) electrons. The highest BCUT2D eigenvalue weighted by Gasteiger charge is 2.31. The van der Waals surface area contributed by atoms with Crippen molar-refractivity contribution < 1.29 is 13.2 Å². The number of piperazine rings is 1. The third kappa shape index (κ3) is 6.08. The molecule has 2 aromatic rings. The van der Waals surface area contributed by atoms with Crippen molar-refractivity contribution in [3.05, 3.63) is 47.3 Å². The zero-order chi connectivity index (χ0) is 17.7. The SMILES string of the molecule is Cl.FC(F)(F)c1cccc(N2CCN(CCCSc3cccs3)CC2)c1. The molecule has 1 aromatic carbocycles. The summed E-state index contributed by atoms with van der Waals surface area (Å²) in [6, 6.07) is 9.86. The van der Waals surface area contributed by atoms with E-state index in [2.05, 4.69) is 22.4 Å². The predicted molar refractivity (Wildman–Crippen MR) is 107 cm³/mol. The molecule has 1 aromatic heterocycles. The number of hydrogen-bond acceptors (Lipinski definition) is 4. The Labute approximate surface area is 166 Å². The Kier molecular flexibility index (Phi) is 8.13. The Morgan fingerprint density at radius 2 is 1.81 bits per heavy atom. The van der Waals surface area contributed by atoms with Crippen LogP contribution < -0.4 is 4.90 Å². The number of hydrogen-bond donors (Lipinski definition) is 0. The molecule has 0 N–H and O–H groups in total. The number of thioether (sulfide) groups is 1. The van der Waals surface area contributed by atoms with Crippen molar-refractivity contribution >= 4 is 41.2 Å². The highest BCUT2D eigenvalue weighted by atomic mass is 35.5. The summed E-state index contributed by atoms with van der Waals surface area (Å²) >= 11 is 3.66. The number of thiophene rings is 1. The van der Waals surface area contributed by atoms with Crippen LogP contribution in [-0.2, 0) is 6.18 Å². The fraction of sp³-hybridized carbons (Fsp3) is 0.444. The van der Waals surface area contributed by atoms with Crippen LogP contribution >= 0.6 is 35.5 Å². The van der Waals surface area contributed by atoms with Gasteiger partial charge in [0.15, 0.2) is 0 Å². The van der Waals surface area contributed by atoms with Crippen molar-refractivity contribution in [3.8, 4) is 0 Å². The number of rotatable bonds is 6. The molecule has 2 nitrogen and oxygen atoms in total. The quantitative estimate of drug-likeness (QED) is 0.448. The van der Waals surface area contributed by atoms with E-state index < -0.39 is 11.7 Å². The Balaban J connectivity index is 0.00000243. The molecule has 0 bridgehead atoms. The molecule has 1 fully saturated rings. The summed E-state index contributed by atoms with van der Waals surface area (Å²) in [6.45, 7) is 4.41. The average molecular weight is 423 g/mol. The van der Waals surface area contributed by atoms with Crippen LogP contribution in [0.4, 0.5) is 18.9 Å². The van der Waals surface area contributed by atoms with Crippen LogP contribution in [0.25, 0.3) is 0 Å². The second kappa shape index (κ2) is 9.88. The summed E-state index contributed by atoms with van der Waals surface area (Å²) in [4.78, 5) is 4.45. The molecule has 3 rings (SSSR count). The minimum atomic E-state index is -4.28. The van der Waals surface area contributed by atoms with Crippen LogP contribution in [-0.4, -0.2) is 43.4 Å². The molecular formula is C18H22ClF3N2S2. The standard InChI is InChI=1S/C18H21F3N2S2.ClH/c19-18(20,21)15-4-1-5-16(14-15)23-10-8-22(9-11-23)7-3-13-25-17-6-2-12-24-17;/h1-2,4-6,12,14H,3,7-11,13H2;1H. The van der Waals surface area contributed by atoms with Crippen LogP contribution in [0.2, 0.25) is 0 Å². The van der Waals surface area contributed by atoms with Crippen LogP contribution in [0.5, 0.6) is 0 Å². The van der Waals surface area contributed by atoms with Gasteiger partial charge in [-0.25, -0.2) is 0 Å². The average Bonchev–Trinajstić information content (AvgIpc) is 3.12. The monoisotopic (exact) mass is 422 g/mol. The fourth-order valence-corrected chi connectivity index (χ4v) is 4.70. The summed E-state index contributed by atoms with van der Waals surface area (Å²) in [5, 5.41) is 2.09. The van der Waals surface area contributed by atoms with Gasteiger partial charge in [0.05, 0.1) is 9.77 Å². The third-order valence-electron chi connectivity index (χ3n) is 4.27. The molecule has 1 aliphatic heterocycles. The lowest BCUT2D eigenvalue weighted by Crippen LogP contribution is -2.46. The lowest BCUT2D eigenvalue weighted by molar-refractivity contribution is -0.137. The van der Waals surface area contributed by atoms with Crippen molar-refractivity contribution in [1.82, 2.24) is 4.90 Å². The molecule has 8 heteroatoms. The topological polar surface area (TPSA) is 6.48 Å². The summed E-state index contributed by atoms with van der Waals surface area (Å²) in [5.41, 5.74) is 0.0979. The molecule has 2 heterocycles. The molecule has 1 aliphatic rings. The summed E-state index contributed by atoms with van der Waals surface area (Å²) in [7, 11) is 0. The number of benzene rings is 1. The first-order valence-electron chi connectivity index (χ1n) is 8.33. The van der Waals surface area contributed by atoms with E-state index in [0.717, 1.165) is 51.0 Å². The van der Waals surface area contributed by atoms with Gasteiger partial charge in [-0.1, -0.05) is 12.1 Å². The lowest BCUT2D eigenvalue weighted by Gasteiger charge is -2.36. The number of anilines is 1. The minimum absolute atomic E-state index is 0. The van der Waals surface area contributed by atoms with Gasteiger partial charge in [0.2, 0.25) is 0 Å². The maximum Gasteiger partial charge on any atom is 0.416 e. The first-order valence-corrected chi connectivity index (χ1v) is 10.2. The Morgan fingerprint density at radius 3 is 2.46 bits per heavy atom. The van der Waals surface area contributed by atoms with Crippen LogP contribution in [0.3, 0.4) is 0 Å². The van der Waals surface area contributed by atoms with Crippen molar-refractivity contribution in [2.45, 2.75) is 16.8 Å². The number of alkyl halides is 3. The molecule has 0 unspecified atom stereocenters. The van der Waals surface area contributed by atoms with Gasteiger partial charge in [0, 0.05) is 37.6 Å². The Morgan fingerprint density at radius 1 is 1.04 bits per heavy atom. The van der Waals surface area contributed by atoms with Gasteiger partial charge in [-0.05, 0) is 42.6 Å². The maximum atomic E-state index is 12.8. The fourth-order valence-electron chi connectivity index (χ4n) is 2.92. The van der Waals surface area contributed by atoms with E-state index in [1.165, 1.54) is 16.3 Å². The van der Waals surface area contributed by atoms with Gasteiger partial charge in [0.1, 0.15) is 0 Å².